The van der Waals surface area contributed by atoms with Gasteiger partial charge in [-0.15, -0.1) is 0 Å². The van der Waals surface area contributed by atoms with Crippen LogP contribution in [-0.4, -0.2) is 56.9 Å². The van der Waals surface area contributed by atoms with Gasteiger partial charge in [0.15, 0.2) is 0 Å². The average Bonchev–Trinajstić information content (AvgIpc) is 3.39. The first kappa shape index (κ1) is 26.9. The molecule has 0 radical (unpaired) electrons. The van der Waals surface area contributed by atoms with E-state index in [1.807, 2.05) is 0 Å². The predicted octanol–water partition coefficient (Wildman–Crippen LogP) is 4.08. The summed E-state index contributed by atoms with van der Waals surface area (Å²) in [4.78, 5) is 25.7. The number of hydrogen-bond acceptors (Lipinski definition) is 5. The summed E-state index contributed by atoms with van der Waals surface area (Å²) in [5, 5.41) is 6.35. The molecule has 0 unspecified atom stereocenters. The summed E-state index contributed by atoms with van der Waals surface area (Å²) >= 11 is 12.3. The molecule has 0 aliphatic carbocycles. The maximum absolute atomic E-state index is 13.0. The standard InChI is InChI=1S/C25H29Cl2N3O5S/c26-21-7-3-8-22(27)20(21)16-36(33,34)30-12-10-17(11-13-30)24(31)29-23-9-2-1-6-19(23)25(32)28-15-18-5-4-14-35-18/h1-3,6-9,17-18H,4-5,10-16H2,(H,28,32)(H,29,31)/t18-/m0/s1. The number of carbonyl (C=O) groups is 2. The van der Waals surface area contributed by atoms with Gasteiger partial charge in [0.05, 0.1) is 23.1 Å². The number of para-hydroxylation sites is 1. The highest BCUT2D eigenvalue weighted by atomic mass is 35.5. The topological polar surface area (TPSA) is 105 Å². The molecule has 2 aliphatic rings. The van der Waals surface area contributed by atoms with Crippen LogP contribution in [0.2, 0.25) is 10.0 Å². The van der Waals surface area contributed by atoms with Crippen LogP contribution in [0.25, 0.3) is 0 Å². The lowest BCUT2D eigenvalue weighted by molar-refractivity contribution is -0.120. The van der Waals surface area contributed by atoms with E-state index in [1.54, 1.807) is 42.5 Å². The molecule has 194 valence electrons. The van der Waals surface area contributed by atoms with Crippen LogP contribution in [0.4, 0.5) is 5.69 Å². The Morgan fingerprint density at radius 3 is 2.36 bits per heavy atom. The van der Waals surface area contributed by atoms with Gasteiger partial charge in [0, 0.05) is 47.8 Å². The minimum Gasteiger partial charge on any atom is -0.376 e. The van der Waals surface area contributed by atoms with Gasteiger partial charge < -0.3 is 15.4 Å². The van der Waals surface area contributed by atoms with E-state index >= 15 is 0 Å². The Bertz CT molecular complexity index is 1190. The van der Waals surface area contributed by atoms with Gasteiger partial charge in [-0.3, -0.25) is 9.59 Å². The van der Waals surface area contributed by atoms with Crippen molar-refractivity contribution in [3.63, 3.8) is 0 Å². The number of nitrogens with one attached hydrogen (secondary N) is 2. The van der Waals surface area contributed by atoms with Crippen molar-refractivity contribution in [2.24, 2.45) is 5.92 Å². The molecule has 0 bridgehead atoms. The van der Waals surface area contributed by atoms with Crippen LogP contribution in [0.1, 0.15) is 41.6 Å². The summed E-state index contributed by atoms with van der Waals surface area (Å²) < 4.78 is 32.8. The molecule has 1 atom stereocenters. The molecule has 11 heteroatoms. The molecule has 2 saturated heterocycles. The number of piperidine rings is 1. The fourth-order valence-electron chi connectivity index (χ4n) is 4.47. The first-order valence-electron chi connectivity index (χ1n) is 11.9. The van der Waals surface area contributed by atoms with Crippen LogP contribution in [-0.2, 0) is 25.3 Å². The summed E-state index contributed by atoms with van der Waals surface area (Å²) in [5.74, 6) is -1.18. The lowest BCUT2D eigenvalue weighted by Crippen LogP contribution is -2.42. The first-order valence-corrected chi connectivity index (χ1v) is 14.3. The second-order valence-corrected chi connectivity index (χ2v) is 11.8. The second-order valence-electron chi connectivity index (χ2n) is 9.01. The van der Waals surface area contributed by atoms with Crippen molar-refractivity contribution in [1.29, 1.82) is 0 Å². The van der Waals surface area contributed by atoms with E-state index in [2.05, 4.69) is 10.6 Å². The third-order valence-corrected chi connectivity index (χ3v) is 9.06. The van der Waals surface area contributed by atoms with Crippen molar-refractivity contribution in [3.05, 3.63) is 63.6 Å². The number of anilines is 1. The zero-order valence-corrected chi connectivity index (χ0v) is 22.0. The zero-order valence-electron chi connectivity index (χ0n) is 19.7. The Kier molecular flexibility index (Phi) is 8.90. The largest absolute Gasteiger partial charge is 0.376 e. The third kappa shape index (κ3) is 6.58. The van der Waals surface area contributed by atoms with Crippen molar-refractivity contribution >= 4 is 50.7 Å². The van der Waals surface area contributed by atoms with Crippen LogP contribution < -0.4 is 10.6 Å². The highest BCUT2D eigenvalue weighted by molar-refractivity contribution is 7.88. The fourth-order valence-corrected chi connectivity index (χ4v) is 6.79. The number of benzene rings is 2. The highest BCUT2D eigenvalue weighted by Gasteiger charge is 2.32. The van der Waals surface area contributed by atoms with Gasteiger partial charge in [0.1, 0.15) is 0 Å². The number of amides is 2. The lowest BCUT2D eigenvalue weighted by Gasteiger charge is -2.31. The summed E-state index contributed by atoms with van der Waals surface area (Å²) in [6.07, 6.45) is 2.66. The van der Waals surface area contributed by atoms with Crippen molar-refractivity contribution in [2.75, 3.05) is 31.6 Å². The summed E-state index contributed by atoms with van der Waals surface area (Å²) in [5.41, 5.74) is 1.17. The average molecular weight is 554 g/mol. The molecule has 2 aromatic carbocycles. The fraction of sp³-hybridized carbons (Fsp3) is 0.440. The third-order valence-electron chi connectivity index (χ3n) is 6.55. The molecule has 2 fully saturated rings. The van der Waals surface area contributed by atoms with E-state index in [9.17, 15) is 18.0 Å². The van der Waals surface area contributed by atoms with Crippen LogP contribution in [0.15, 0.2) is 42.5 Å². The maximum Gasteiger partial charge on any atom is 0.253 e. The Labute approximate surface area is 221 Å². The number of sulfonamides is 1. The Hall–Kier alpha value is -2.17. The van der Waals surface area contributed by atoms with Crippen molar-refractivity contribution in [1.82, 2.24) is 9.62 Å². The highest BCUT2D eigenvalue weighted by Crippen LogP contribution is 2.29. The number of ether oxygens (including phenoxy) is 1. The number of hydrogen-bond donors (Lipinski definition) is 2. The number of halogens is 2. The molecule has 2 heterocycles. The minimum absolute atomic E-state index is 0.0195. The number of rotatable bonds is 8. The van der Waals surface area contributed by atoms with E-state index in [4.69, 9.17) is 27.9 Å². The molecule has 36 heavy (non-hydrogen) atoms. The molecule has 0 aromatic heterocycles. The van der Waals surface area contributed by atoms with Gasteiger partial charge in [-0.1, -0.05) is 41.4 Å². The zero-order chi connectivity index (χ0) is 25.7. The number of nitrogens with zero attached hydrogens (tertiary/aromatic N) is 1. The van der Waals surface area contributed by atoms with Gasteiger partial charge in [-0.25, -0.2) is 12.7 Å². The quantitative estimate of drug-likeness (QED) is 0.512. The summed E-state index contributed by atoms with van der Waals surface area (Å²) in [6, 6.07) is 11.7. The van der Waals surface area contributed by atoms with Gasteiger partial charge in [-0.2, -0.15) is 0 Å². The van der Waals surface area contributed by atoms with Crippen molar-refractivity contribution in [2.45, 2.75) is 37.5 Å². The summed E-state index contributed by atoms with van der Waals surface area (Å²) in [6.45, 7) is 1.56. The molecular weight excluding hydrogens is 525 g/mol. The molecule has 2 aliphatic heterocycles. The first-order chi connectivity index (χ1) is 17.2. The van der Waals surface area contributed by atoms with Crippen LogP contribution >= 0.6 is 23.2 Å². The Balaban J connectivity index is 1.33. The molecule has 8 nitrogen and oxygen atoms in total. The lowest BCUT2D eigenvalue weighted by atomic mass is 9.97. The van der Waals surface area contributed by atoms with Gasteiger partial charge in [0.25, 0.3) is 5.91 Å². The van der Waals surface area contributed by atoms with Gasteiger partial charge >= 0.3 is 0 Å². The molecule has 0 spiro atoms. The molecular formula is C25H29Cl2N3O5S. The molecule has 0 saturated carbocycles. The molecule has 2 N–H and O–H groups in total. The normalized spacial score (nSPS) is 19.2. The van der Waals surface area contributed by atoms with E-state index in [0.29, 0.717) is 52.9 Å². The Morgan fingerprint density at radius 1 is 1.00 bits per heavy atom. The van der Waals surface area contributed by atoms with Gasteiger partial charge in [0.2, 0.25) is 15.9 Å². The molecule has 2 amide bonds. The summed E-state index contributed by atoms with van der Waals surface area (Å²) in [7, 11) is -3.65. The van der Waals surface area contributed by atoms with Crippen LogP contribution in [0, 0.1) is 5.92 Å². The van der Waals surface area contributed by atoms with Crippen LogP contribution in [0.5, 0.6) is 0 Å². The predicted molar refractivity (Wildman–Crippen MR) is 140 cm³/mol. The van der Waals surface area contributed by atoms with Gasteiger partial charge in [-0.05, 0) is 49.9 Å². The Morgan fingerprint density at radius 2 is 1.69 bits per heavy atom. The van der Waals surface area contributed by atoms with E-state index in [-0.39, 0.29) is 42.7 Å². The minimum atomic E-state index is -3.65. The second kappa shape index (κ2) is 11.9. The van der Waals surface area contributed by atoms with E-state index in [0.717, 1.165) is 12.8 Å². The van der Waals surface area contributed by atoms with Crippen molar-refractivity contribution < 1.29 is 22.7 Å². The molecule has 4 rings (SSSR count). The SMILES string of the molecule is O=C(NC[C@@H]1CCCO1)c1ccccc1NC(=O)C1CCN(S(=O)(=O)Cc2c(Cl)cccc2Cl)CC1. The van der Waals surface area contributed by atoms with E-state index in [1.165, 1.54) is 4.31 Å². The smallest absolute Gasteiger partial charge is 0.253 e. The number of carbonyl (C=O) groups excluding carboxylic acids is 2. The molecule has 2 aromatic rings. The maximum atomic E-state index is 13.0. The van der Waals surface area contributed by atoms with E-state index < -0.39 is 10.0 Å². The monoisotopic (exact) mass is 553 g/mol. The van der Waals surface area contributed by atoms with Crippen molar-refractivity contribution in [3.8, 4) is 0 Å². The van der Waals surface area contributed by atoms with Crippen LogP contribution in [0.3, 0.4) is 0 Å².